The lowest BCUT2D eigenvalue weighted by Gasteiger charge is -2.13. The molecule has 0 bridgehead atoms. The number of anilines is 1. The van der Waals surface area contributed by atoms with Crippen molar-refractivity contribution in [2.75, 3.05) is 25.6 Å². The number of hydrogen-bond acceptors (Lipinski definition) is 4. The van der Waals surface area contributed by atoms with Crippen LogP contribution >= 0.6 is 28.1 Å². The van der Waals surface area contributed by atoms with E-state index in [1.165, 1.54) is 0 Å². The maximum Gasteiger partial charge on any atom is 0.261 e. The van der Waals surface area contributed by atoms with Crippen molar-refractivity contribution in [2.45, 2.75) is 0 Å². The van der Waals surface area contributed by atoms with Gasteiger partial charge in [0.25, 0.3) is 5.91 Å². The molecule has 0 aliphatic carbocycles. The van der Waals surface area contributed by atoms with Crippen LogP contribution in [0.4, 0.5) is 5.69 Å². The molecule has 24 heavy (non-hydrogen) atoms. The highest BCUT2D eigenvalue weighted by atomic mass is 79.9. The van der Waals surface area contributed by atoms with E-state index in [0.717, 1.165) is 10.2 Å². The molecule has 0 radical (unpaired) electrons. The zero-order valence-corrected chi connectivity index (χ0v) is 15.4. The number of ether oxygens (including phenoxy) is 2. The predicted molar refractivity (Wildman–Crippen MR) is 102 cm³/mol. The van der Waals surface area contributed by atoms with Gasteiger partial charge in [0.2, 0.25) is 0 Å². The first-order valence-corrected chi connectivity index (χ1v) is 8.39. The van der Waals surface area contributed by atoms with Crippen molar-refractivity contribution >= 4 is 44.9 Å². The summed E-state index contributed by atoms with van der Waals surface area (Å²) in [6, 6.07) is 14.6. The monoisotopic (exact) mass is 408 g/mol. The third kappa shape index (κ3) is 5.59. The summed E-state index contributed by atoms with van der Waals surface area (Å²) >= 11 is 8.54. The molecule has 0 spiro atoms. The molecule has 126 valence electrons. The van der Waals surface area contributed by atoms with Gasteiger partial charge in [-0.25, -0.2) is 0 Å². The smallest absolute Gasteiger partial charge is 0.261 e. The first-order chi connectivity index (χ1) is 11.6. The van der Waals surface area contributed by atoms with Crippen LogP contribution in [0.25, 0.3) is 0 Å². The topological polar surface area (TPSA) is 59.6 Å². The van der Waals surface area contributed by atoms with Gasteiger partial charge in [0.15, 0.2) is 5.11 Å². The van der Waals surface area contributed by atoms with Crippen LogP contribution in [-0.4, -0.2) is 31.3 Å². The molecule has 2 aromatic carbocycles. The van der Waals surface area contributed by atoms with E-state index < -0.39 is 0 Å². The van der Waals surface area contributed by atoms with Crippen LogP contribution in [0.2, 0.25) is 0 Å². The van der Waals surface area contributed by atoms with Crippen LogP contribution in [0.3, 0.4) is 0 Å². The van der Waals surface area contributed by atoms with Gasteiger partial charge >= 0.3 is 0 Å². The van der Waals surface area contributed by atoms with Crippen molar-refractivity contribution in [3.05, 3.63) is 58.6 Å². The second kappa shape index (κ2) is 9.36. The van der Waals surface area contributed by atoms with Gasteiger partial charge in [-0.15, -0.1) is 0 Å². The lowest BCUT2D eigenvalue weighted by Crippen LogP contribution is -2.34. The van der Waals surface area contributed by atoms with E-state index in [2.05, 4.69) is 26.6 Å². The maximum atomic E-state index is 12.5. The standard InChI is InChI=1S/C17H17BrN2O3S/c1-22-9-10-23-15-8-7-12(18)11-14(15)16(21)20-17(24)19-13-5-3-2-4-6-13/h2-8,11H,9-10H2,1H3,(H2,19,20,21,24). The Bertz CT molecular complexity index is 710. The summed E-state index contributed by atoms with van der Waals surface area (Å²) in [5, 5.41) is 5.82. The SMILES string of the molecule is COCCOc1ccc(Br)cc1C(=O)NC(=S)Nc1ccccc1. The van der Waals surface area contributed by atoms with Gasteiger partial charge in [0, 0.05) is 17.3 Å². The zero-order chi connectivity index (χ0) is 17.4. The lowest BCUT2D eigenvalue weighted by molar-refractivity contribution is 0.0969. The Balaban J connectivity index is 2.05. The number of halogens is 1. The minimum atomic E-state index is -0.350. The molecule has 7 heteroatoms. The Labute approximate surface area is 154 Å². The second-order valence-electron chi connectivity index (χ2n) is 4.76. The number of carbonyl (C=O) groups excluding carboxylic acids is 1. The molecule has 0 fully saturated rings. The number of rotatable bonds is 6. The minimum Gasteiger partial charge on any atom is -0.490 e. The fourth-order valence-electron chi connectivity index (χ4n) is 1.89. The van der Waals surface area contributed by atoms with E-state index in [1.54, 1.807) is 25.3 Å². The summed E-state index contributed by atoms with van der Waals surface area (Å²) in [6.07, 6.45) is 0. The van der Waals surface area contributed by atoms with Crippen molar-refractivity contribution in [3.63, 3.8) is 0 Å². The van der Waals surface area contributed by atoms with Gasteiger partial charge < -0.3 is 14.8 Å². The van der Waals surface area contributed by atoms with E-state index in [9.17, 15) is 4.79 Å². The molecule has 0 atom stereocenters. The third-order valence-electron chi connectivity index (χ3n) is 2.99. The largest absolute Gasteiger partial charge is 0.490 e. The van der Waals surface area contributed by atoms with Crippen molar-refractivity contribution < 1.29 is 14.3 Å². The van der Waals surface area contributed by atoms with E-state index in [0.29, 0.717) is 24.5 Å². The summed E-state index contributed by atoms with van der Waals surface area (Å²) in [4.78, 5) is 12.5. The molecule has 2 aromatic rings. The first-order valence-electron chi connectivity index (χ1n) is 7.19. The summed E-state index contributed by atoms with van der Waals surface area (Å²) in [7, 11) is 1.59. The first kappa shape index (κ1) is 18.4. The van der Waals surface area contributed by atoms with Gasteiger partial charge in [0.05, 0.1) is 12.2 Å². The molecule has 0 aliphatic heterocycles. The van der Waals surface area contributed by atoms with Gasteiger partial charge in [-0.1, -0.05) is 34.1 Å². The summed E-state index contributed by atoms with van der Waals surface area (Å²) in [6.45, 7) is 0.788. The quantitative estimate of drug-likeness (QED) is 0.564. The van der Waals surface area contributed by atoms with Crippen molar-refractivity contribution in [2.24, 2.45) is 0 Å². The molecule has 2 N–H and O–H groups in total. The molecule has 0 heterocycles. The highest BCUT2D eigenvalue weighted by molar-refractivity contribution is 9.10. The van der Waals surface area contributed by atoms with E-state index >= 15 is 0 Å². The molecule has 0 saturated heterocycles. The molecule has 0 unspecified atom stereocenters. The van der Waals surface area contributed by atoms with Crippen LogP contribution in [0.15, 0.2) is 53.0 Å². The number of para-hydroxylation sites is 1. The number of carbonyl (C=O) groups is 1. The maximum absolute atomic E-state index is 12.5. The van der Waals surface area contributed by atoms with Crippen LogP contribution in [0.5, 0.6) is 5.75 Å². The fraction of sp³-hybridized carbons (Fsp3) is 0.176. The normalized spacial score (nSPS) is 10.1. The van der Waals surface area contributed by atoms with Crippen molar-refractivity contribution in [1.29, 1.82) is 0 Å². The molecule has 0 aromatic heterocycles. The fourth-order valence-corrected chi connectivity index (χ4v) is 2.47. The molecule has 2 rings (SSSR count). The number of thiocarbonyl (C=S) groups is 1. The Kier molecular flexibility index (Phi) is 7.17. The van der Waals surface area contributed by atoms with E-state index in [1.807, 2.05) is 30.3 Å². The number of benzene rings is 2. The van der Waals surface area contributed by atoms with Crippen LogP contribution in [0.1, 0.15) is 10.4 Å². The molecule has 1 amide bonds. The van der Waals surface area contributed by atoms with Crippen LogP contribution in [0, 0.1) is 0 Å². The zero-order valence-electron chi connectivity index (χ0n) is 13.0. The van der Waals surface area contributed by atoms with Crippen molar-refractivity contribution in [3.8, 4) is 5.75 Å². The van der Waals surface area contributed by atoms with Gasteiger partial charge in [-0.05, 0) is 42.5 Å². The number of amides is 1. The second-order valence-corrected chi connectivity index (χ2v) is 6.08. The Hall–Kier alpha value is -1.96. The average Bonchev–Trinajstić information content (AvgIpc) is 2.57. The van der Waals surface area contributed by atoms with Gasteiger partial charge in [-0.2, -0.15) is 0 Å². The van der Waals surface area contributed by atoms with Crippen molar-refractivity contribution in [1.82, 2.24) is 5.32 Å². The number of hydrogen-bond donors (Lipinski definition) is 2. The number of methoxy groups -OCH3 is 1. The molecule has 0 aliphatic rings. The molecular formula is C17H17BrN2O3S. The molecular weight excluding hydrogens is 392 g/mol. The summed E-state index contributed by atoms with van der Waals surface area (Å²) < 4.78 is 11.3. The van der Waals surface area contributed by atoms with Crippen LogP contribution < -0.4 is 15.4 Å². The third-order valence-corrected chi connectivity index (χ3v) is 3.69. The van der Waals surface area contributed by atoms with Gasteiger partial charge in [0.1, 0.15) is 12.4 Å². The summed E-state index contributed by atoms with van der Waals surface area (Å²) in [5.41, 5.74) is 1.19. The highest BCUT2D eigenvalue weighted by Gasteiger charge is 2.15. The molecule has 5 nitrogen and oxygen atoms in total. The Morgan fingerprint density at radius 2 is 1.92 bits per heavy atom. The van der Waals surface area contributed by atoms with Gasteiger partial charge in [-0.3, -0.25) is 10.1 Å². The summed E-state index contributed by atoms with van der Waals surface area (Å²) in [5.74, 6) is 0.118. The van der Waals surface area contributed by atoms with E-state index in [-0.39, 0.29) is 11.0 Å². The van der Waals surface area contributed by atoms with Crippen LogP contribution in [-0.2, 0) is 4.74 Å². The highest BCUT2D eigenvalue weighted by Crippen LogP contribution is 2.23. The number of nitrogens with one attached hydrogen (secondary N) is 2. The predicted octanol–water partition coefficient (Wildman–Crippen LogP) is 3.60. The lowest BCUT2D eigenvalue weighted by atomic mass is 10.2. The average molecular weight is 409 g/mol. The molecule has 0 saturated carbocycles. The Morgan fingerprint density at radius 3 is 2.62 bits per heavy atom. The van der Waals surface area contributed by atoms with E-state index in [4.69, 9.17) is 21.7 Å². The minimum absolute atomic E-state index is 0.217. The Morgan fingerprint density at radius 1 is 1.17 bits per heavy atom.